The van der Waals surface area contributed by atoms with Crippen molar-refractivity contribution in [3.05, 3.63) is 30.3 Å². The van der Waals surface area contributed by atoms with Crippen LogP contribution in [0.1, 0.15) is 39.0 Å². The summed E-state index contributed by atoms with van der Waals surface area (Å²) in [6, 6.07) is 9.66. The van der Waals surface area contributed by atoms with Crippen molar-refractivity contribution in [2.45, 2.75) is 39.0 Å². The van der Waals surface area contributed by atoms with E-state index in [4.69, 9.17) is 56.8 Å². The van der Waals surface area contributed by atoms with Crippen LogP contribution in [0.4, 0.5) is 0 Å². The van der Waals surface area contributed by atoms with Gasteiger partial charge in [-0.05, 0) is 18.6 Å². The van der Waals surface area contributed by atoms with E-state index in [1.165, 1.54) is 0 Å². The molecule has 0 atom stereocenters. The van der Waals surface area contributed by atoms with Crippen LogP contribution in [-0.2, 0) is 56.9 Å². The molecule has 0 radical (unpaired) electrons. The van der Waals surface area contributed by atoms with Gasteiger partial charge in [0.1, 0.15) is 19.0 Å². The van der Waals surface area contributed by atoms with E-state index in [-0.39, 0.29) is 12.6 Å². The third-order valence-electron chi connectivity index (χ3n) is 6.31. The van der Waals surface area contributed by atoms with Gasteiger partial charge in [0.05, 0.1) is 132 Å². The van der Waals surface area contributed by atoms with Crippen molar-refractivity contribution in [3.8, 4) is 5.75 Å². The van der Waals surface area contributed by atoms with Crippen LogP contribution in [0.2, 0.25) is 0 Å². The van der Waals surface area contributed by atoms with Crippen LogP contribution in [-0.4, -0.2) is 151 Å². The lowest BCUT2D eigenvalue weighted by molar-refractivity contribution is -0.145. The molecule has 13 heteroatoms. The monoisotopic (exact) mass is 690 g/mol. The molecule has 0 N–H and O–H groups in total. The summed E-state index contributed by atoms with van der Waals surface area (Å²) in [4.78, 5) is 11.5. The van der Waals surface area contributed by atoms with Crippen molar-refractivity contribution < 1.29 is 61.6 Å². The van der Waals surface area contributed by atoms with Crippen LogP contribution in [0.5, 0.6) is 5.75 Å². The van der Waals surface area contributed by atoms with Gasteiger partial charge in [0.2, 0.25) is 0 Å². The Morgan fingerprint density at radius 3 is 1.10 bits per heavy atom. The van der Waals surface area contributed by atoms with Gasteiger partial charge >= 0.3 is 5.97 Å². The Hall–Kier alpha value is -1.91. The van der Waals surface area contributed by atoms with Crippen LogP contribution in [0.15, 0.2) is 30.3 Å². The van der Waals surface area contributed by atoms with Crippen molar-refractivity contribution in [1.82, 2.24) is 0 Å². The number of rotatable bonds is 39. The van der Waals surface area contributed by atoms with Gasteiger partial charge in [-0.15, -0.1) is 0 Å². The summed E-state index contributed by atoms with van der Waals surface area (Å²) in [6.07, 6.45) is 4.76. The minimum Gasteiger partial charge on any atom is -0.491 e. The van der Waals surface area contributed by atoms with Crippen LogP contribution < -0.4 is 4.74 Å². The summed E-state index contributed by atoms with van der Waals surface area (Å²) < 4.78 is 65.4. The van der Waals surface area contributed by atoms with Gasteiger partial charge in [0.15, 0.2) is 0 Å². The largest absolute Gasteiger partial charge is 0.491 e. The van der Waals surface area contributed by atoms with E-state index >= 15 is 0 Å². The van der Waals surface area contributed by atoms with Crippen LogP contribution in [0.25, 0.3) is 0 Å². The molecule has 0 aliphatic rings. The number of para-hydroxylation sites is 1. The third kappa shape index (κ3) is 34.0. The summed E-state index contributed by atoms with van der Waals surface area (Å²) in [5.74, 6) is 0.689. The molecule has 0 fully saturated rings. The Morgan fingerprint density at radius 2 is 0.750 bits per heavy atom. The SMILES string of the molecule is CCCCCCC(=O)OCCOCCOCCOCCOCCOCCOCCOCCOCCOCCOCCOc1ccccc1. The predicted octanol–water partition coefficient (Wildman–Crippen LogP) is 3.75. The molecular weight excluding hydrogens is 628 g/mol. The summed E-state index contributed by atoms with van der Waals surface area (Å²) >= 11 is 0. The molecule has 0 saturated heterocycles. The second-order valence-corrected chi connectivity index (χ2v) is 10.3. The summed E-state index contributed by atoms with van der Waals surface area (Å²) in [5.41, 5.74) is 0. The van der Waals surface area contributed by atoms with Gasteiger partial charge in [-0.2, -0.15) is 0 Å². The van der Waals surface area contributed by atoms with Gasteiger partial charge in [-0.25, -0.2) is 0 Å². The smallest absolute Gasteiger partial charge is 0.305 e. The molecule has 0 heterocycles. The zero-order chi connectivity index (χ0) is 34.3. The van der Waals surface area contributed by atoms with Gasteiger partial charge in [0.25, 0.3) is 0 Å². The minimum atomic E-state index is -0.153. The predicted molar refractivity (Wildman–Crippen MR) is 180 cm³/mol. The zero-order valence-corrected chi connectivity index (χ0v) is 29.3. The van der Waals surface area contributed by atoms with E-state index in [1.807, 2.05) is 30.3 Å². The average Bonchev–Trinajstić information content (AvgIpc) is 3.10. The van der Waals surface area contributed by atoms with Gasteiger partial charge in [0, 0.05) is 6.42 Å². The third-order valence-corrected chi connectivity index (χ3v) is 6.31. The fourth-order valence-electron chi connectivity index (χ4n) is 3.80. The Labute approximate surface area is 288 Å². The Morgan fingerprint density at radius 1 is 0.417 bits per heavy atom. The van der Waals surface area contributed by atoms with E-state index in [0.29, 0.717) is 145 Å². The molecule has 0 amide bonds. The maximum absolute atomic E-state index is 11.5. The van der Waals surface area contributed by atoms with Crippen LogP contribution in [0, 0.1) is 0 Å². The van der Waals surface area contributed by atoms with Crippen molar-refractivity contribution in [2.24, 2.45) is 0 Å². The van der Waals surface area contributed by atoms with E-state index in [9.17, 15) is 4.79 Å². The number of hydrogen-bond donors (Lipinski definition) is 0. The molecule has 0 saturated carbocycles. The van der Waals surface area contributed by atoms with Crippen LogP contribution in [0.3, 0.4) is 0 Å². The first-order valence-corrected chi connectivity index (χ1v) is 17.4. The highest BCUT2D eigenvalue weighted by molar-refractivity contribution is 5.69. The number of ether oxygens (including phenoxy) is 12. The standard InChI is InChI=1S/C35H62O13/c1-2-3-4-8-11-35(36)48-33-31-46-29-27-44-25-23-42-21-19-40-17-15-38-13-12-37-14-16-39-18-20-41-22-24-43-26-28-45-30-32-47-34-9-6-5-7-10-34/h5-7,9-10H,2-4,8,11-33H2,1H3. The molecule has 1 rings (SSSR count). The van der Waals surface area contributed by atoms with E-state index < -0.39 is 0 Å². The summed E-state index contributed by atoms with van der Waals surface area (Å²) in [5, 5.41) is 0. The first-order chi connectivity index (χ1) is 23.8. The molecule has 1 aromatic carbocycles. The zero-order valence-electron chi connectivity index (χ0n) is 29.3. The van der Waals surface area contributed by atoms with Gasteiger partial charge in [-0.3, -0.25) is 4.79 Å². The molecular formula is C35H62O13. The number of unbranched alkanes of at least 4 members (excludes halogenated alkanes) is 3. The Bertz CT molecular complexity index is 772. The maximum atomic E-state index is 11.5. The second-order valence-electron chi connectivity index (χ2n) is 10.3. The fraction of sp³-hybridized carbons (Fsp3) is 0.800. The number of esters is 1. The lowest BCUT2D eigenvalue weighted by Gasteiger charge is -2.09. The van der Waals surface area contributed by atoms with Crippen molar-refractivity contribution in [1.29, 1.82) is 0 Å². The molecule has 0 spiro atoms. The molecule has 13 nitrogen and oxygen atoms in total. The molecule has 0 unspecified atom stereocenters. The summed E-state index contributed by atoms with van der Waals surface area (Å²) in [7, 11) is 0. The number of carbonyl (C=O) groups is 1. The fourth-order valence-corrected chi connectivity index (χ4v) is 3.80. The maximum Gasteiger partial charge on any atom is 0.305 e. The van der Waals surface area contributed by atoms with Gasteiger partial charge in [-0.1, -0.05) is 44.4 Å². The van der Waals surface area contributed by atoms with E-state index in [1.54, 1.807) is 0 Å². The second kappa shape index (κ2) is 37.9. The first kappa shape index (κ1) is 44.1. The molecule has 48 heavy (non-hydrogen) atoms. The average molecular weight is 691 g/mol. The number of hydrogen-bond acceptors (Lipinski definition) is 13. The summed E-state index contributed by atoms with van der Waals surface area (Å²) in [6.45, 7) is 12.8. The quantitative estimate of drug-likeness (QED) is 0.0736. The first-order valence-electron chi connectivity index (χ1n) is 17.4. The number of benzene rings is 1. The highest BCUT2D eigenvalue weighted by Gasteiger charge is 2.02. The topological polar surface area (TPSA) is 128 Å². The highest BCUT2D eigenvalue weighted by Crippen LogP contribution is 2.07. The van der Waals surface area contributed by atoms with E-state index in [0.717, 1.165) is 31.4 Å². The normalized spacial score (nSPS) is 11.3. The molecule has 1 aromatic rings. The highest BCUT2D eigenvalue weighted by atomic mass is 16.6. The molecule has 280 valence electrons. The van der Waals surface area contributed by atoms with Crippen molar-refractivity contribution in [3.63, 3.8) is 0 Å². The molecule has 0 bridgehead atoms. The van der Waals surface area contributed by atoms with Crippen molar-refractivity contribution >= 4 is 5.97 Å². The number of carbonyl (C=O) groups excluding carboxylic acids is 1. The van der Waals surface area contributed by atoms with Gasteiger partial charge < -0.3 is 56.8 Å². The minimum absolute atomic E-state index is 0.153. The van der Waals surface area contributed by atoms with Crippen molar-refractivity contribution in [2.75, 3.05) is 145 Å². The Kier molecular flexibility index (Phi) is 34.8. The lowest BCUT2D eigenvalue weighted by atomic mass is 10.2. The molecule has 0 aliphatic heterocycles. The van der Waals surface area contributed by atoms with E-state index in [2.05, 4.69) is 6.92 Å². The Balaban J connectivity index is 1.62. The molecule has 0 aromatic heterocycles. The lowest BCUT2D eigenvalue weighted by Crippen LogP contribution is -2.15. The van der Waals surface area contributed by atoms with Crippen LogP contribution >= 0.6 is 0 Å². The molecule has 0 aliphatic carbocycles.